The van der Waals surface area contributed by atoms with Crippen molar-refractivity contribution >= 4 is 22.9 Å². The first kappa shape index (κ1) is 15.8. The Morgan fingerprint density at radius 3 is 2.76 bits per heavy atom. The number of fused-ring (bicyclic) bond motifs is 1. The Morgan fingerprint density at radius 1 is 1.36 bits per heavy atom. The molecule has 25 heavy (non-hydrogen) atoms. The summed E-state index contributed by atoms with van der Waals surface area (Å²) >= 11 is 0. The molecule has 1 fully saturated rings. The number of rotatable bonds is 3. The molecule has 1 N–H and O–H groups in total. The fourth-order valence-electron chi connectivity index (χ4n) is 3.41. The fourth-order valence-corrected chi connectivity index (χ4v) is 3.41. The molecule has 0 spiro atoms. The number of H-pyrrole nitrogens is 1. The molecule has 0 radical (unpaired) electrons. The predicted octanol–water partition coefficient (Wildman–Crippen LogP) is 2.78. The van der Waals surface area contributed by atoms with Gasteiger partial charge in [0, 0.05) is 30.4 Å². The van der Waals surface area contributed by atoms with E-state index in [1.54, 1.807) is 18.5 Å². The van der Waals surface area contributed by atoms with Gasteiger partial charge < -0.3 is 14.2 Å². The highest BCUT2D eigenvalue weighted by molar-refractivity contribution is 6.00. The topological polar surface area (TPSA) is 84.3 Å². The summed E-state index contributed by atoms with van der Waals surface area (Å²) in [4.78, 5) is 13.5. The lowest BCUT2D eigenvalue weighted by atomic mass is 10.0. The molecule has 0 amide bonds. The maximum Gasteiger partial charge on any atom is 0.205 e. The summed E-state index contributed by atoms with van der Waals surface area (Å²) in [5.41, 5.74) is 1.64. The van der Waals surface area contributed by atoms with Gasteiger partial charge >= 0.3 is 0 Å². The number of aromatic nitrogens is 3. The maximum atomic E-state index is 15.2. The fraction of sp³-hybridized carbons (Fsp3) is 0.353. The molecule has 2 atom stereocenters. The van der Waals surface area contributed by atoms with Gasteiger partial charge in [-0.2, -0.15) is 5.10 Å². The smallest absolute Gasteiger partial charge is 0.205 e. The molecule has 1 saturated heterocycles. The molecule has 0 aliphatic carbocycles. The number of nitrogens with one attached hydrogen (secondary N) is 1. The highest BCUT2D eigenvalue weighted by Gasteiger charge is 2.29. The predicted molar refractivity (Wildman–Crippen MR) is 89.2 cm³/mol. The number of carbonyl (C=O) groups excluding carboxylic acids is 1. The molecule has 0 unspecified atom stereocenters. The molecular weight excluding hydrogens is 327 g/mol. The third-order valence-electron chi connectivity index (χ3n) is 4.34. The molecule has 3 heterocycles. The average Bonchev–Trinajstić information content (AvgIpc) is 3.22. The molecule has 2 aromatic heterocycles. The molecule has 4 rings (SSSR count). The van der Waals surface area contributed by atoms with E-state index in [-0.39, 0.29) is 29.0 Å². The molecule has 0 bridgehead atoms. The van der Waals surface area contributed by atoms with Gasteiger partial charge in [0.2, 0.25) is 5.58 Å². The minimum atomic E-state index is -0.580. The molecule has 8 heteroatoms. The van der Waals surface area contributed by atoms with Gasteiger partial charge in [0.25, 0.3) is 0 Å². The molecule has 3 aromatic rings. The lowest BCUT2D eigenvalue weighted by Gasteiger charge is -2.37. The van der Waals surface area contributed by atoms with Crippen LogP contribution < -0.4 is 4.90 Å². The minimum Gasteiger partial charge on any atom is -0.372 e. The normalized spacial score (nSPS) is 21.0. The van der Waals surface area contributed by atoms with E-state index in [4.69, 9.17) is 9.26 Å². The number of nitrogens with zero attached hydrogens (tertiary/aromatic N) is 3. The van der Waals surface area contributed by atoms with Crippen molar-refractivity contribution in [2.75, 3.05) is 18.0 Å². The Labute approximate surface area is 142 Å². The first-order chi connectivity index (χ1) is 12.1. The van der Waals surface area contributed by atoms with Crippen molar-refractivity contribution in [3.8, 4) is 11.3 Å². The highest BCUT2D eigenvalue weighted by atomic mass is 19.1. The van der Waals surface area contributed by atoms with E-state index >= 15 is 4.39 Å². The summed E-state index contributed by atoms with van der Waals surface area (Å²) in [7, 11) is 0. The third-order valence-corrected chi connectivity index (χ3v) is 4.34. The van der Waals surface area contributed by atoms with Crippen molar-refractivity contribution in [1.82, 2.24) is 15.4 Å². The SMILES string of the molecule is C[C@@H]1CN(c2c(C=O)cc3c(-c4cn[nH]c4)noc3c2F)C[C@H](C)O1. The van der Waals surface area contributed by atoms with E-state index < -0.39 is 5.82 Å². The minimum absolute atomic E-state index is 0.0311. The van der Waals surface area contributed by atoms with Crippen LogP contribution in [0.5, 0.6) is 0 Å². The van der Waals surface area contributed by atoms with Crippen molar-refractivity contribution in [1.29, 1.82) is 0 Å². The molecule has 1 aliphatic rings. The Morgan fingerprint density at radius 2 is 2.12 bits per heavy atom. The van der Waals surface area contributed by atoms with Crippen LogP contribution in [-0.2, 0) is 4.74 Å². The van der Waals surface area contributed by atoms with Gasteiger partial charge in [-0.25, -0.2) is 4.39 Å². The Kier molecular flexibility index (Phi) is 3.76. The van der Waals surface area contributed by atoms with E-state index in [1.165, 1.54) is 0 Å². The summed E-state index contributed by atoms with van der Waals surface area (Å²) in [5.74, 6) is -0.580. The zero-order valence-corrected chi connectivity index (χ0v) is 13.8. The first-order valence-corrected chi connectivity index (χ1v) is 8.05. The Hall–Kier alpha value is -2.74. The summed E-state index contributed by atoms with van der Waals surface area (Å²) in [6.45, 7) is 4.84. The Bertz CT molecular complexity index is 912. The molecule has 130 valence electrons. The van der Waals surface area contributed by atoms with Crippen molar-refractivity contribution in [3.05, 3.63) is 29.8 Å². The van der Waals surface area contributed by atoms with E-state index in [1.807, 2.05) is 18.7 Å². The number of aromatic amines is 1. The number of hydrogen-bond donors (Lipinski definition) is 1. The first-order valence-electron chi connectivity index (χ1n) is 8.05. The molecular formula is C17H17FN4O3. The standard InChI is InChI=1S/C17H17FN4O3/c1-9-6-22(7-10(2)24-9)16-11(8-23)3-13-15(12-4-19-20-5-12)21-25-17(13)14(16)18/h3-5,8-10H,6-7H2,1-2H3,(H,19,20)/t9-,10+. The van der Waals surface area contributed by atoms with Crippen molar-refractivity contribution < 1.29 is 18.4 Å². The van der Waals surface area contributed by atoms with Gasteiger partial charge in [-0.05, 0) is 19.9 Å². The van der Waals surface area contributed by atoms with Crippen LogP contribution in [0.15, 0.2) is 23.0 Å². The molecule has 1 aromatic carbocycles. The number of anilines is 1. The molecule has 7 nitrogen and oxygen atoms in total. The quantitative estimate of drug-likeness (QED) is 0.736. The second kappa shape index (κ2) is 5.96. The number of benzene rings is 1. The zero-order valence-electron chi connectivity index (χ0n) is 13.8. The largest absolute Gasteiger partial charge is 0.372 e. The number of ether oxygens (including phenoxy) is 1. The lowest BCUT2D eigenvalue weighted by Crippen LogP contribution is -2.46. The van der Waals surface area contributed by atoms with Crippen molar-refractivity contribution in [3.63, 3.8) is 0 Å². The highest BCUT2D eigenvalue weighted by Crippen LogP contribution is 2.36. The van der Waals surface area contributed by atoms with Crippen LogP contribution in [0.25, 0.3) is 22.2 Å². The number of halogens is 1. The van der Waals surface area contributed by atoms with Crippen LogP contribution in [0.2, 0.25) is 0 Å². The molecule has 1 aliphatic heterocycles. The van der Waals surface area contributed by atoms with E-state index in [0.29, 0.717) is 36.0 Å². The second-order valence-electron chi connectivity index (χ2n) is 6.30. The van der Waals surface area contributed by atoms with Gasteiger partial charge in [0.15, 0.2) is 12.1 Å². The van der Waals surface area contributed by atoms with Gasteiger partial charge in [0.1, 0.15) is 5.69 Å². The van der Waals surface area contributed by atoms with Crippen LogP contribution in [0.1, 0.15) is 24.2 Å². The van der Waals surface area contributed by atoms with E-state index in [9.17, 15) is 4.79 Å². The number of morpholine rings is 1. The van der Waals surface area contributed by atoms with Gasteiger partial charge in [-0.15, -0.1) is 0 Å². The van der Waals surface area contributed by atoms with E-state index in [2.05, 4.69) is 15.4 Å². The van der Waals surface area contributed by atoms with Crippen molar-refractivity contribution in [2.24, 2.45) is 0 Å². The number of hydrogen-bond acceptors (Lipinski definition) is 6. The van der Waals surface area contributed by atoms with Gasteiger partial charge in [-0.3, -0.25) is 9.89 Å². The van der Waals surface area contributed by atoms with Crippen LogP contribution in [0.3, 0.4) is 0 Å². The Balaban J connectivity index is 1.88. The van der Waals surface area contributed by atoms with Crippen LogP contribution in [-0.4, -0.2) is 46.9 Å². The zero-order chi connectivity index (χ0) is 17.6. The van der Waals surface area contributed by atoms with Crippen LogP contribution in [0, 0.1) is 5.82 Å². The number of carbonyl (C=O) groups is 1. The summed E-state index contributed by atoms with van der Waals surface area (Å²) in [6.07, 6.45) is 3.74. The average molecular weight is 344 g/mol. The van der Waals surface area contributed by atoms with Crippen molar-refractivity contribution in [2.45, 2.75) is 26.1 Å². The number of aldehydes is 1. The van der Waals surface area contributed by atoms with Gasteiger partial charge in [0.05, 0.1) is 29.5 Å². The summed E-state index contributed by atoms with van der Waals surface area (Å²) in [6, 6.07) is 1.62. The summed E-state index contributed by atoms with van der Waals surface area (Å²) in [5, 5.41) is 10.9. The third kappa shape index (κ3) is 2.58. The monoisotopic (exact) mass is 344 g/mol. The second-order valence-corrected chi connectivity index (χ2v) is 6.30. The molecule has 0 saturated carbocycles. The van der Waals surface area contributed by atoms with Crippen LogP contribution >= 0.6 is 0 Å². The summed E-state index contributed by atoms with van der Waals surface area (Å²) < 4.78 is 26.2. The van der Waals surface area contributed by atoms with E-state index in [0.717, 1.165) is 0 Å². The maximum absolute atomic E-state index is 15.2. The lowest BCUT2D eigenvalue weighted by molar-refractivity contribution is -0.00543. The van der Waals surface area contributed by atoms with Crippen LogP contribution in [0.4, 0.5) is 10.1 Å². The van der Waals surface area contributed by atoms with Gasteiger partial charge in [-0.1, -0.05) is 5.16 Å².